The average molecular weight is 400 g/mol. The Labute approximate surface area is 179 Å². The fourth-order valence-corrected chi connectivity index (χ4v) is 2.96. The third kappa shape index (κ3) is 5.09. The van der Waals surface area contributed by atoms with Crippen LogP contribution in [0, 0.1) is 0 Å². The largest absolute Gasteiger partial charge is 0.373 e. The molecule has 1 heterocycles. The van der Waals surface area contributed by atoms with Gasteiger partial charge in [0, 0.05) is 23.6 Å². The number of ketones is 1. The van der Waals surface area contributed by atoms with Gasteiger partial charge in [0.05, 0.1) is 5.52 Å². The maximum absolute atomic E-state index is 11.5. The standard InChI is InChI=1S/C24H23N3O.C2H6/c1-5-7-8-17(6-2)23-26-22-14-13-20(15-21(22)24(25-4)27-23)19-11-9-18(10-12-19)16(3)28;1-2/h5-15H,2H2,1,3-4H3,(H,25,26,27);1-2H3/b7-5-,17-8+;. The van der Waals surface area contributed by atoms with Crippen LogP contribution in [0.25, 0.3) is 27.6 Å². The summed E-state index contributed by atoms with van der Waals surface area (Å²) in [5, 5.41) is 4.11. The van der Waals surface area contributed by atoms with Gasteiger partial charge in [-0.15, -0.1) is 0 Å². The van der Waals surface area contributed by atoms with Crippen LogP contribution in [0.2, 0.25) is 0 Å². The van der Waals surface area contributed by atoms with Crippen LogP contribution < -0.4 is 5.32 Å². The molecular weight excluding hydrogens is 370 g/mol. The zero-order valence-electron chi connectivity index (χ0n) is 18.4. The molecule has 1 N–H and O–H groups in total. The number of Topliss-reactive ketones (excluding diaryl/α,β-unsaturated/α-hetero) is 1. The number of benzene rings is 2. The van der Waals surface area contributed by atoms with Crippen LogP contribution in [0.1, 0.15) is 43.9 Å². The Morgan fingerprint density at radius 3 is 2.27 bits per heavy atom. The Hall–Kier alpha value is -3.53. The smallest absolute Gasteiger partial charge is 0.162 e. The summed E-state index contributed by atoms with van der Waals surface area (Å²) in [5.41, 5.74) is 4.51. The van der Waals surface area contributed by atoms with E-state index in [1.54, 1.807) is 13.0 Å². The topological polar surface area (TPSA) is 54.9 Å². The van der Waals surface area contributed by atoms with Crippen molar-refractivity contribution in [3.05, 3.63) is 84.7 Å². The molecule has 0 amide bonds. The number of nitrogens with one attached hydrogen (secondary N) is 1. The predicted octanol–water partition coefficient (Wildman–Crippen LogP) is 6.71. The minimum Gasteiger partial charge on any atom is -0.373 e. The number of allylic oxidation sites excluding steroid dienone is 5. The lowest BCUT2D eigenvalue weighted by molar-refractivity contribution is 0.101. The van der Waals surface area contributed by atoms with Crippen LogP contribution in [-0.4, -0.2) is 22.8 Å². The van der Waals surface area contributed by atoms with Gasteiger partial charge in [-0.2, -0.15) is 0 Å². The molecular formula is C26H29N3O. The first-order valence-corrected chi connectivity index (χ1v) is 10.1. The summed E-state index contributed by atoms with van der Waals surface area (Å²) in [6, 6.07) is 13.7. The number of carbonyl (C=O) groups excluding carboxylic acids is 1. The second-order valence-corrected chi connectivity index (χ2v) is 6.36. The maximum atomic E-state index is 11.5. The van der Waals surface area contributed by atoms with Crippen LogP contribution in [0.3, 0.4) is 0 Å². The van der Waals surface area contributed by atoms with Crippen molar-refractivity contribution >= 4 is 28.1 Å². The van der Waals surface area contributed by atoms with Gasteiger partial charge in [-0.25, -0.2) is 9.97 Å². The van der Waals surface area contributed by atoms with Crippen molar-refractivity contribution in [3.63, 3.8) is 0 Å². The SMILES string of the molecule is C=C/C(=C\C=C/C)c1nc(NC)c2cc(-c3ccc(C(C)=O)cc3)ccc2n1.CC. The second kappa shape index (κ2) is 10.9. The molecule has 154 valence electrons. The molecule has 4 nitrogen and oxygen atoms in total. The molecule has 30 heavy (non-hydrogen) atoms. The first kappa shape index (κ1) is 22.8. The molecule has 1 aromatic heterocycles. The number of nitrogens with zero attached hydrogens (tertiary/aromatic N) is 2. The minimum absolute atomic E-state index is 0.0625. The molecule has 0 atom stereocenters. The fourth-order valence-electron chi connectivity index (χ4n) is 2.96. The van der Waals surface area contributed by atoms with Crippen LogP contribution in [0.5, 0.6) is 0 Å². The zero-order valence-corrected chi connectivity index (χ0v) is 18.4. The minimum atomic E-state index is 0.0625. The van der Waals surface area contributed by atoms with Crippen molar-refractivity contribution in [2.75, 3.05) is 12.4 Å². The lowest BCUT2D eigenvalue weighted by Crippen LogP contribution is -2.01. The van der Waals surface area contributed by atoms with E-state index in [9.17, 15) is 4.79 Å². The first-order valence-electron chi connectivity index (χ1n) is 10.1. The highest BCUT2D eigenvalue weighted by Gasteiger charge is 2.10. The number of hydrogen-bond donors (Lipinski definition) is 1. The normalized spacial score (nSPS) is 11.2. The van der Waals surface area contributed by atoms with Gasteiger partial charge in [-0.1, -0.05) is 75.1 Å². The summed E-state index contributed by atoms with van der Waals surface area (Å²) in [4.78, 5) is 20.9. The third-order valence-corrected chi connectivity index (χ3v) is 4.50. The van der Waals surface area contributed by atoms with Gasteiger partial charge in [-0.3, -0.25) is 4.79 Å². The summed E-state index contributed by atoms with van der Waals surface area (Å²) in [6.07, 6.45) is 7.59. The van der Waals surface area contributed by atoms with E-state index in [1.807, 2.05) is 82.4 Å². The highest BCUT2D eigenvalue weighted by molar-refractivity contribution is 5.96. The second-order valence-electron chi connectivity index (χ2n) is 6.36. The van der Waals surface area contributed by atoms with E-state index in [1.165, 1.54) is 0 Å². The van der Waals surface area contributed by atoms with Crippen molar-refractivity contribution in [3.8, 4) is 11.1 Å². The van der Waals surface area contributed by atoms with Gasteiger partial charge >= 0.3 is 0 Å². The number of fused-ring (bicyclic) bond motifs is 1. The van der Waals surface area contributed by atoms with Crippen LogP contribution in [-0.2, 0) is 0 Å². The Morgan fingerprint density at radius 2 is 1.70 bits per heavy atom. The zero-order chi connectivity index (χ0) is 22.1. The molecule has 4 heteroatoms. The van der Waals surface area contributed by atoms with E-state index in [0.717, 1.165) is 33.4 Å². The molecule has 0 aliphatic carbocycles. The summed E-state index contributed by atoms with van der Waals surface area (Å²) < 4.78 is 0. The summed E-state index contributed by atoms with van der Waals surface area (Å²) in [5.74, 6) is 1.45. The van der Waals surface area contributed by atoms with Crippen molar-refractivity contribution in [2.24, 2.45) is 0 Å². The monoisotopic (exact) mass is 399 g/mol. The molecule has 0 saturated heterocycles. The van der Waals surface area contributed by atoms with Crippen molar-refractivity contribution in [1.29, 1.82) is 0 Å². The van der Waals surface area contributed by atoms with Gasteiger partial charge in [-0.05, 0) is 37.1 Å². The van der Waals surface area contributed by atoms with E-state index in [0.29, 0.717) is 11.4 Å². The number of aromatic nitrogens is 2. The van der Waals surface area contributed by atoms with Crippen molar-refractivity contribution in [2.45, 2.75) is 27.7 Å². The summed E-state index contributed by atoms with van der Waals surface area (Å²) in [6.45, 7) is 11.4. The quantitative estimate of drug-likeness (QED) is 0.369. The Morgan fingerprint density at radius 1 is 1.03 bits per heavy atom. The summed E-state index contributed by atoms with van der Waals surface area (Å²) >= 11 is 0. The number of rotatable bonds is 6. The highest BCUT2D eigenvalue weighted by atomic mass is 16.1. The third-order valence-electron chi connectivity index (χ3n) is 4.50. The molecule has 0 aliphatic heterocycles. The van der Waals surface area contributed by atoms with Gasteiger partial charge in [0.15, 0.2) is 11.6 Å². The Balaban J connectivity index is 0.00000155. The Bertz CT molecular complexity index is 1090. The highest BCUT2D eigenvalue weighted by Crippen LogP contribution is 2.29. The molecule has 0 saturated carbocycles. The number of hydrogen-bond acceptors (Lipinski definition) is 4. The molecule has 0 bridgehead atoms. The van der Waals surface area contributed by atoms with Crippen molar-refractivity contribution < 1.29 is 4.79 Å². The number of anilines is 1. The molecule has 3 rings (SSSR count). The van der Waals surface area contributed by atoms with Crippen LogP contribution in [0.15, 0.2) is 73.3 Å². The summed E-state index contributed by atoms with van der Waals surface area (Å²) in [7, 11) is 1.85. The van der Waals surface area contributed by atoms with E-state index in [4.69, 9.17) is 4.98 Å². The predicted molar refractivity (Wildman–Crippen MR) is 129 cm³/mol. The molecule has 2 aromatic carbocycles. The first-order chi connectivity index (χ1) is 14.6. The van der Waals surface area contributed by atoms with E-state index < -0.39 is 0 Å². The molecule has 0 fully saturated rings. The van der Waals surface area contributed by atoms with Gasteiger partial charge in [0.1, 0.15) is 5.82 Å². The molecule has 0 unspecified atom stereocenters. The maximum Gasteiger partial charge on any atom is 0.162 e. The lowest BCUT2D eigenvalue weighted by Gasteiger charge is -2.11. The average Bonchev–Trinajstić information content (AvgIpc) is 2.80. The Kier molecular flexibility index (Phi) is 8.24. The van der Waals surface area contributed by atoms with E-state index in [2.05, 4.69) is 22.9 Å². The molecule has 0 aliphatic rings. The molecule has 3 aromatic rings. The van der Waals surface area contributed by atoms with Crippen LogP contribution >= 0.6 is 0 Å². The fraction of sp³-hybridized carbons (Fsp3) is 0.192. The van der Waals surface area contributed by atoms with Gasteiger partial charge in [0.2, 0.25) is 0 Å². The van der Waals surface area contributed by atoms with E-state index in [-0.39, 0.29) is 5.78 Å². The van der Waals surface area contributed by atoms with Gasteiger partial charge in [0.25, 0.3) is 0 Å². The van der Waals surface area contributed by atoms with Crippen LogP contribution in [0.4, 0.5) is 5.82 Å². The number of carbonyl (C=O) groups is 1. The van der Waals surface area contributed by atoms with E-state index >= 15 is 0 Å². The van der Waals surface area contributed by atoms with Gasteiger partial charge < -0.3 is 5.32 Å². The molecule has 0 radical (unpaired) electrons. The van der Waals surface area contributed by atoms with Crippen molar-refractivity contribution in [1.82, 2.24) is 9.97 Å². The lowest BCUT2D eigenvalue weighted by atomic mass is 10.0. The molecule has 0 spiro atoms.